The molecule has 1 fully saturated rings. The van der Waals surface area contributed by atoms with Gasteiger partial charge in [0.2, 0.25) is 0 Å². The Labute approximate surface area is 164 Å². The van der Waals surface area contributed by atoms with Gasteiger partial charge in [0.05, 0.1) is 4.91 Å². The maximum absolute atomic E-state index is 11.9. The molecule has 0 aromatic heterocycles. The molecule has 3 nitrogen and oxygen atoms in total. The normalized spacial score (nSPS) is 23.8. The summed E-state index contributed by atoms with van der Waals surface area (Å²) in [4.78, 5) is 15.0. The zero-order chi connectivity index (χ0) is 18.4. The molecule has 2 aliphatic heterocycles. The highest BCUT2D eigenvalue weighted by atomic mass is 35.5. The van der Waals surface area contributed by atoms with Crippen LogP contribution in [0.4, 0.5) is 5.69 Å². The number of carbonyl (C=O) groups excluding carboxylic acids is 1. The van der Waals surface area contributed by atoms with Crippen LogP contribution in [-0.4, -0.2) is 22.3 Å². The average Bonchev–Trinajstić information content (AvgIpc) is 2.82. The average molecular weight is 395 g/mol. The van der Waals surface area contributed by atoms with Crippen molar-refractivity contribution in [3.63, 3.8) is 0 Å². The second-order valence-corrected chi connectivity index (χ2v) is 9.48. The van der Waals surface area contributed by atoms with Gasteiger partial charge in [-0.15, -0.1) is 0 Å². The topological polar surface area (TPSA) is 32.3 Å². The van der Waals surface area contributed by atoms with Crippen molar-refractivity contribution in [3.05, 3.63) is 33.2 Å². The Bertz CT molecular complexity index is 773. The molecule has 0 radical (unpaired) electrons. The zero-order valence-electron chi connectivity index (χ0n) is 15.0. The molecule has 0 saturated carbocycles. The van der Waals surface area contributed by atoms with Gasteiger partial charge >= 0.3 is 0 Å². The highest BCUT2D eigenvalue weighted by molar-refractivity contribution is 8.26. The molecule has 2 heterocycles. The third-order valence-electron chi connectivity index (χ3n) is 4.88. The van der Waals surface area contributed by atoms with E-state index in [1.54, 1.807) is 0 Å². The van der Waals surface area contributed by atoms with E-state index in [1.165, 1.54) is 23.0 Å². The number of nitrogens with zero attached hydrogens (tertiary/aromatic N) is 1. The van der Waals surface area contributed by atoms with Crippen molar-refractivity contribution in [1.82, 2.24) is 5.32 Å². The van der Waals surface area contributed by atoms with Crippen molar-refractivity contribution < 1.29 is 4.79 Å². The van der Waals surface area contributed by atoms with E-state index in [9.17, 15) is 4.79 Å². The van der Waals surface area contributed by atoms with Gasteiger partial charge in [0.15, 0.2) is 0 Å². The monoisotopic (exact) mass is 394 g/mol. The van der Waals surface area contributed by atoms with Crippen LogP contribution in [0.1, 0.15) is 57.6 Å². The van der Waals surface area contributed by atoms with Gasteiger partial charge in [-0.1, -0.05) is 49.4 Å². The van der Waals surface area contributed by atoms with E-state index in [0.29, 0.717) is 20.2 Å². The number of benzene rings is 1. The summed E-state index contributed by atoms with van der Waals surface area (Å²) in [5, 5.41) is 3.32. The standard InChI is InChI=1S/C19H23ClN2OS2/c1-5-6-22-15-9-14(20)12(8-16-17(23)21-18(24)25-16)7-13(15)11(2)10-19(22,3)4/h7-9,11H,5-6,10H2,1-4H3,(H,21,23,24)/b16-8-. The lowest BCUT2D eigenvalue weighted by Gasteiger charge is -2.47. The number of fused-ring (bicyclic) bond motifs is 1. The van der Waals surface area contributed by atoms with Crippen LogP contribution in [0.2, 0.25) is 5.02 Å². The fourth-order valence-electron chi connectivity index (χ4n) is 3.84. The lowest BCUT2D eigenvalue weighted by molar-refractivity contribution is -0.115. The summed E-state index contributed by atoms with van der Waals surface area (Å²) in [6.45, 7) is 10.1. The number of rotatable bonds is 3. The maximum atomic E-state index is 11.9. The van der Waals surface area contributed by atoms with Crippen LogP contribution in [-0.2, 0) is 4.79 Å². The third kappa shape index (κ3) is 3.60. The molecule has 0 aliphatic carbocycles. The fraction of sp³-hybridized carbons (Fsp3) is 0.474. The molecular formula is C19H23ClN2OS2. The van der Waals surface area contributed by atoms with Gasteiger partial charge in [-0.3, -0.25) is 4.79 Å². The number of anilines is 1. The Hall–Kier alpha value is -1.04. The molecule has 1 aromatic rings. The Morgan fingerprint density at radius 2 is 2.20 bits per heavy atom. The van der Waals surface area contributed by atoms with Gasteiger partial charge in [0, 0.05) is 22.8 Å². The molecule has 1 aromatic carbocycles. The lowest BCUT2D eigenvalue weighted by Crippen LogP contribution is -2.48. The number of nitrogens with one attached hydrogen (secondary N) is 1. The summed E-state index contributed by atoms with van der Waals surface area (Å²) >= 11 is 12.9. The molecule has 0 spiro atoms. The van der Waals surface area contributed by atoms with Crippen molar-refractivity contribution >= 4 is 57.6 Å². The molecule has 25 heavy (non-hydrogen) atoms. The molecule has 1 saturated heterocycles. The molecule has 1 atom stereocenters. The molecule has 0 bridgehead atoms. The number of hydrogen-bond acceptors (Lipinski definition) is 4. The Kier molecular flexibility index (Phi) is 5.20. The smallest absolute Gasteiger partial charge is 0.263 e. The summed E-state index contributed by atoms with van der Waals surface area (Å²) in [6, 6.07) is 4.20. The zero-order valence-corrected chi connectivity index (χ0v) is 17.4. The van der Waals surface area contributed by atoms with Gasteiger partial charge in [0.1, 0.15) is 4.32 Å². The first-order valence-electron chi connectivity index (χ1n) is 8.59. The van der Waals surface area contributed by atoms with Gasteiger partial charge < -0.3 is 10.2 Å². The minimum Gasteiger partial charge on any atom is -0.366 e. The van der Waals surface area contributed by atoms with Gasteiger partial charge in [-0.2, -0.15) is 0 Å². The number of carbonyl (C=O) groups is 1. The maximum Gasteiger partial charge on any atom is 0.263 e. The van der Waals surface area contributed by atoms with E-state index >= 15 is 0 Å². The molecule has 134 valence electrons. The van der Waals surface area contributed by atoms with Crippen molar-refractivity contribution in [2.45, 2.75) is 52.0 Å². The minimum absolute atomic E-state index is 0.110. The fourth-order valence-corrected chi connectivity index (χ4v) is 5.09. The number of hydrogen-bond donors (Lipinski definition) is 1. The molecular weight excluding hydrogens is 372 g/mol. The summed E-state index contributed by atoms with van der Waals surface area (Å²) < 4.78 is 0.495. The first-order chi connectivity index (χ1) is 11.7. The molecule has 1 N–H and O–H groups in total. The quantitative estimate of drug-likeness (QED) is 0.554. The summed E-state index contributed by atoms with van der Waals surface area (Å²) in [5.41, 5.74) is 3.51. The first-order valence-corrected chi connectivity index (χ1v) is 10.2. The first kappa shape index (κ1) is 18.7. The highest BCUT2D eigenvalue weighted by Crippen LogP contribution is 2.45. The second-order valence-electron chi connectivity index (χ2n) is 7.35. The number of thiocarbonyl (C=S) groups is 1. The molecule has 1 unspecified atom stereocenters. The predicted octanol–water partition coefficient (Wildman–Crippen LogP) is 5.33. The summed E-state index contributed by atoms with van der Waals surface area (Å²) in [5.74, 6) is 0.296. The Balaban J connectivity index is 2.07. The van der Waals surface area contributed by atoms with E-state index in [-0.39, 0.29) is 11.4 Å². The summed E-state index contributed by atoms with van der Waals surface area (Å²) in [6.07, 6.45) is 4.03. The van der Waals surface area contributed by atoms with Gasteiger partial charge in [-0.05, 0) is 61.9 Å². The van der Waals surface area contributed by atoms with E-state index in [2.05, 4.69) is 50.0 Å². The van der Waals surface area contributed by atoms with Crippen LogP contribution in [0.3, 0.4) is 0 Å². The van der Waals surface area contributed by atoms with Gasteiger partial charge in [0.25, 0.3) is 5.91 Å². The molecule has 3 rings (SSSR count). The van der Waals surface area contributed by atoms with Crippen molar-refractivity contribution in [2.75, 3.05) is 11.4 Å². The van der Waals surface area contributed by atoms with E-state index in [4.69, 9.17) is 23.8 Å². The Morgan fingerprint density at radius 3 is 2.80 bits per heavy atom. The minimum atomic E-state index is -0.148. The van der Waals surface area contributed by atoms with Crippen LogP contribution < -0.4 is 10.2 Å². The lowest BCUT2D eigenvalue weighted by atomic mass is 9.79. The van der Waals surface area contributed by atoms with Crippen molar-refractivity contribution in [3.8, 4) is 0 Å². The van der Waals surface area contributed by atoms with Gasteiger partial charge in [-0.25, -0.2) is 0 Å². The second kappa shape index (κ2) is 6.93. The van der Waals surface area contributed by atoms with Crippen LogP contribution in [0.15, 0.2) is 17.0 Å². The predicted molar refractivity (Wildman–Crippen MR) is 113 cm³/mol. The van der Waals surface area contributed by atoms with E-state index in [0.717, 1.165) is 24.9 Å². The number of amides is 1. The third-order valence-corrected chi connectivity index (χ3v) is 6.37. The largest absolute Gasteiger partial charge is 0.366 e. The highest BCUT2D eigenvalue weighted by Gasteiger charge is 2.36. The van der Waals surface area contributed by atoms with Crippen LogP contribution in [0.25, 0.3) is 6.08 Å². The van der Waals surface area contributed by atoms with Crippen molar-refractivity contribution in [1.29, 1.82) is 0 Å². The number of thioether (sulfide) groups is 1. The number of halogens is 1. The van der Waals surface area contributed by atoms with E-state index < -0.39 is 0 Å². The summed E-state index contributed by atoms with van der Waals surface area (Å²) in [7, 11) is 0. The van der Waals surface area contributed by atoms with E-state index in [1.807, 2.05) is 6.08 Å². The Morgan fingerprint density at radius 1 is 1.48 bits per heavy atom. The van der Waals surface area contributed by atoms with Crippen LogP contribution >= 0.6 is 35.6 Å². The van der Waals surface area contributed by atoms with Crippen LogP contribution in [0.5, 0.6) is 0 Å². The molecule has 6 heteroatoms. The molecule has 2 aliphatic rings. The molecule has 1 amide bonds. The SMILES string of the molecule is CCCN1c2cc(Cl)c(/C=C3\SC(=S)NC3=O)cc2C(C)CC1(C)C. The van der Waals surface area contributed by atoms with Crippen molar-refractivity contribution in [2.24, 2.45) is 0 Å². The van der Waals surface area contributed by atoms with Crippen LogP contribution in [0, 0.1) is 0 Å².